The highest BCUT2D eigenvalue weighted by Crippen LogP contribution is 2.31. The van der Waals surface area contributed by atoms with Crippen LogP contribution in [0.1, 0.15) is 36.7 Å². The smallest absolute Gasteiger partial charge is 0.233 e. The van der Waals surface area contributed by atoms with Gasteiger partial charge in [0.2, 0.25) is 5.78 Å². The van der Waals surface area contributed by atoms with Gasteiger partial charge in [0.15, 0.2) is 0 Å². The number of nitrogens with zero attached hydrogens (tertiary/aromatic N) is 5. The minimum absolute atomic E-state index is 0.187. The number of piperidine rings is 1. The summed E-state index contributed by atoms with van der Waals surface area (Å²) in [6, 6.07) is 5.31. The summed E-state index contributed by atoms with van der Waals surface area (Å²) in [6.45, 7) is 1.45. The maximum absolute atomic E-state index is 13.9. The van der Waals surface area contributed by atoms with Gasteiger partial charge in [-0.3, -0.25) is 14.3 Å². The third kappa shape index (κ3) is 2.82. The number of rotatable bonds is 3. The van der Waals surface area contributed by atoms with Crippen molar-refractivity contribution < 1.29 is 4.39 Å². The first-order valence-electron chi connectivity index (χ1n) is 7.94. The fourth-order valence-electron chi connectivity index (χ4n) is 3.25. The van der Waals surface area contributed by atoms with Crippen LogP contribution in [0.2, 0.25) is 0 Å². The van der Waals surface area contributed by atoms with E-state index in [0.717, 1.165) is 31.5 Å². The number of imidazole rings is 1. The van der Waals surface area contributed by atoms with Crippen LogP contribution in [0.25, 0.3) is 5.78 Å². The van der Waals surface area contributed by atoms with Crippen molar-refractivity contribution in [1.29, 1.82) is 0 Å². The minimum Gasteiger partial charge on any atom is -0.291 e. The monoisotopic (exact) mass is 311 g/mol. The summed E-state index contributed by atoms with van der Waals surface area (Å²) in [6.07, 6.45) is 10.6. The van der Waals surface area contributed by atoms with Crippen molar-refractivity contribution in [1.82, 2.24) is 24.3 Å². The van der Waals surface area contributed by atoms with E-state index >= 15 is 0 Å². The molecule has 23 heavy (non-hydrogen) atoms. The largest absolute Gasteiger partial charge is 0.291 e. The molecule has 3 aromatic heterocycles. The van der Waals surface area contributed by atoms with Crippen LogP contribution in [0, 0.1) is 5.82 Å². The van der Waals surface area contributed by atoms with Crippen molar-refractivity contribution in [3.05, 3.63) is 60.2 Å². The fourth-order valence-corrected chi connectivity index (χ4v) is 3.25. The Balaban J connectivity index is 1.63. The highest BCUT2D eigenvalue weighted by molar-refractivity contribution is 5.30. The minimum atomic E-state index is -0.242. The molecule has 1 atom stereocenters. The number of likely N-dealkylation sites (tertiary alicyclic amines) is 1. The first kappa shape index (κ1) is 14.3. The highest BCUT2D eigenvalue weighted by Gasteiger charge is 2.26. The van der Waals surface area contributed by atoms with Gasteiger partial charge in [-0.05, 0) is 37.6 Å². The zero-order chi connectivity index (χ0) is 15.6. The van der Waals surface area contributed by atoms with Gasteiger partial charge >= 0.3 is 0 Å². The third-order valence-corrected chi connectivity index (χ3v) is 4.43. The molecule has 4 rings (SSSR count). The normalized spacial score (nSPS) is 19.3. The molecular formula is C17H18FN5. The van der Waals surface area contributed by atoms with E-state index in [9.17, 15) is 4.39 Å². The molecule has 1 saturated heterocycles. The molecule has 0 radical (unpaired) electrons. The summed E-state index contributed by atoms with van der Waals surface area (Å²) in [4.78, 5) is 15.4. The van der Waals surface area contributed by atoms with Crippen LogP contribution in [0.5, 0.6) is 0 Å². The first-order valence-corrected chi connectivity index (χ1v) is 7.94. The molecule has 1 aliphatic heterocycles. The van der Waals surface area contributed by atoms with Crippen molar-refractivity contribution in [3.8, 4) is 0 Å². The average molecular weight is 311 g/mol. The van der Waals surface area contributed by atoms with Gasteiger partial charge in [0.1, 0.15) is 5.82 Å². The SMILES string of the molecule is Fc1cccnc1CN1CCCC[C@@H]1c1ccn2ccnc2n1. The van der Waals surface area contributed by atoms with Crippen LogP contribution in [-0.4, -0.2) is 30.8 Å². The molecule has 1 fully saturated rings. The maximum atomic E-state index is 13.9. The van der Waals surface area contributed by atoms with E-state index in [1.54, 1.807) is 18.5 Å². The molecule has 0 aliphatic carbocycles. The third-order valence-electron chi connectivity index (χ3n) is 4.43. The zero-order valence-electron chi connectivity index (χ0n) is 12.8. The highest BCUT2D eigenvalue weighted by atomic mass is 19.1. The van der Waals surface area contributed by atoms with Crippen LogP contribution in [-0.2, 0) is 6.54 Å². The van der Waals surface area contributed by atoms with E-state index in [1.165, 1.54) is 6.07 Å². The topological polar surface area (TPSA) is 46.3 Å². The quantitative estimate of drug-likeness (QED) is 0.746. The molecule has 0 spiro atoms. The Hall–Kier alpha value is -2.34. The molecule has 0 amide bonds. The molecule has 118 valence electrons. The Morgan fingerprint density at radius 3 is 3.00 bits per heavy atom. The maximum Gasteiger partial charge on any atom is 0.233 e. The Bertz CT molecular complexity index is 815. The molecule has 3 aromatic rings. The first-order chi connectivity index (χ1) is 11.3. The van der Waals surface area contributed by atoms with Gasteiger partial charge in [-0.1, -0.05) is 6.42 Å². The lowest BCUT2D eigenvalue weighted by Crippen LogP contribution is -2.34. The molecule has 0 saturated carbocycles. The van der Waals surface area contributed by atoms with E-state index in [4.69, 9.17) is 0 Å². The summed E-state index contributed by atoms with van der Waals surface area (Å²) in [5.74, 6) is 0.463. The Morgan fingerprint density at radius 2 is 2.09 bits per heavy atom. The van der Waals surface area contributed by atoms with E-state index < -0.39 is 0 Å². The van der Waals surface area contributed by atoms with Gasteiger partial charge in [-0.15, -0.1) is 0 Å². The molecule has 0 bridgehead atoms. The molecule has 0 unspecified atom stereocenters. The van der Waals surface area contributed by atoms with Crippen molar-refractivity contribution in [2.75, 3.05) is 6.54 Å². The second-order valence-electron chi connectivity index (χ2n) is 5.90. The van der Waals surface area contributed by atoms with Crippen LogP contribution in [0.3, 0.4) is 0 Å². The van der Waals surface area contributed by atoms with E-state index in [0.29, 0.717) is 18.0 Å². The molecule has 5 nitrogen and oxygen atoms in total. The Morgan fingerprint density at radius 1 is 1.13 bits per heavy atom. The number of hydrogen-bond donors (Lipinski definition) is 0. The van der Waals surface area contributed by atoms with Crippen molar-refractivity contribution in [3.63, 3.8) is 0 Å². The van der Waals surface area contributed by atoms with Crippen molar-refractivity contribution >= 4 is 5.78 Å². The predicted octanol–water partition coefficient (Wildman–Crippen LogP) is 2.99. The second-order valence-corrected chi connectivity index (χ2v) is 5.90. The Kier molecular flexibility index (Phi) is 3.75. The fraction of sp³-hybridized carbons (Fsp3) is 0.353. The summed E-state index contributed by atoms with van der Waals surface area (Å²) < 4.78 is 15.8. The van der Waals surface area contributed by atoms with E-state index in [-0.39, 0.29) is 11.9 Å². The van der Waals surface area contributed by atoms with Gasteiger partial charge in [0.05, 0.1) is 17.4 Å². The lowest BCUT2D eigenvalue weighted by molar-refractivity contribution is 0.134. The summed E-state index contributed by atoms with van der Waals surface area (Å²) in [5.41, 5.74) is 1.50. The van der Waals surface area contributed by atoms with Gasteiger partial charge < -0.3 is 0 Å². The zero-order valence-corrected chi connectivity index (χ0v) is 12.8. The van der Waals surface area contributed by atoms with Gasteiger partial charge in [-0.2, -0.15) is 0 Å². The van der Waals surface area contributed by atoms with Crippen molar-refractivity contribution in [2.24, 2.45) is 0 Å². The van der Waals surface area contributed by atoms with Crippen LogP contribution < -0.4 is 0 Å². The van der Waals surface area contributed by atoms with Gasteiger partial charge in [-0.25, -0.2) is 14.4 Å². The lowest BCUT2D eigenvalue weighted by atomic mass is 9.99. The number of pyridine rings is 1. The summed E-state index contributed by atoms with van der Waals surface area (Å²) in [5, 5.41) is 0. The van der Waals surface area contributed by atoms with Crippen LogP contribution in [0.4, 0.5) is 4.39 Å². The van der Waals surface area contributed by atoms with E-state index in [1.807, 2.05) is 22.9 Å². The average Bonchev–Trinajstić information content (AvgIpc) is 3.05. The molecular weight excluding hydrogens is 293 g/mol. The second kappa shape index (κ2) is 6.04. The molecule has 1 aliphatic rings. The lowest BCUT2D eigenvalue weighted by Gasteiger charge is -2.35. The Labute approximate surface area is 133 Å². The predicted molar refractivity (Wildman–Crippen MR) is 84.2 cm³/mol. The van der Waals surface area contributed by atoms with Gasteiger partial charge in [0.25, 0.3) is 0 Å². The van der Waals surface area contributed by atoms with Crippen LogP contribution >= 0.6 is 0 Å². The number of fused-ring (bicyclic) bond motifs is 1. The molecule has 4 heterocycles. The number of halogens is 1. The van der Waals surface area contributed by atoms with Gasteiger partial charge in [0, 0.05) is 31.3 Å². The number of hydrogen-bond acceptors (Lipinski definition) is 4. The molecule has 0 N–H and O–H groups in total. The standard InChI is InChI=1S/C17H18FN5/c18-13-4-3-7-19-15(13)12-23-9-2-1-5-16(23)14-6-10-22-11-8-20-17(22)21-14/h3-4,6-8,10-11,16H,1-2,5,9,12H2/t16-/m1/s1. The molecule has 6 heteroatoms. The molecule has 0 aromatic carbocycles. The van der Waals surface area contributed by atoms with Crippen molar-refractivity contribution in [2.45, 2.75) is 31.8 Å². The van der Waals surface area contributed by atoms with Crippen LogP contribution in [0.15, 0.2) is 43.0 Å². The summed E-state index contributed by atoms with van der Waals surface area (Å²) in [7, 11) is 0. The number of aromatic nitrogens is 4. The van der Waals surface area contributed by atoms with E-state index in [2.05, 4.69) is 19.9 Å². The summed E-state index contributed by atoms with van der Waals surface area (Å²) >= 11 is 0.